The smallest absolute Gasteiger partial charge is 0.223 e. The first-order valence-corrected chi connectivity index (χ1v) is 8.56. The molecule has 6 nitrogen and oxygen atoms in total. The van der Waals surface area contributed by atoms with Gasteiger partial charge in [0.1, 0.15) is 11.5 Å². The van der Waals surface area contributed by atoms with E-state index in [0.717, 1.165) is 22.8 Å². The van der Waals surface area contributed by atoms with Crippen LogP contribution in [0.1, 0.15) is 23.4 Å². The highest BCUT2D eigenvalue weighted by molar-refractivity contribution is 5.76. The van der Waals surface area contributed by atoms with Crippen LogP contribution in [0.5, 0.6) is 5.75 Å². The number of methoxy groups -OCH3 is 1. The Labute approximate surface area is 147 Å². The average Bonchev–Trinajstić information content (AvgIpc) is 3.19. The second-order valence-electron chi connectivity index (χ2n) is 6.61. The van der Waals surface area contributed by atoms with Gasteiger partial charge < -0.3 is 19.3 Å². The summed E-state index contributed by atoms with van der Waals surface area (Å²) < 4.78 is 10.4. The molecule has 1 aromatic carbocycles. The van der Waals surface area contributed by atoms with Crippen LogP contribution in [0.2, 0.25) is 0 Å². The maximum atomic E-state index is 12.4. The van der Waals surface area contributed by atoms with Crippen molar-refractivity contribution in [3.8, 4) is 5.75 Å². The maximum absolute atomic E-state index is 12.4. The van der Waals surface area contributed by atoms with E-state index >= 15 is 0 Å². The maximum Gasteiger partial charge on any atom is 0.223 e. The Kier molecular flexibility index (Phi) is 5.38. The normalized spacial score (nSPS) is 20.0. The minimum Gasteiger partial charge on any atom is -0.497 e. The van der Waals surface area contributed by atoms with Crippen molar-refractivity contribution in [1.82, 2.24) is 10.1 Å². The number of hydrogen-bond acceptors (Lipinski definition) is 5. The first-order chi connectivity index (χ1) is 12.0. The van der Waals surface area contributed by atoms with Crippen LogP contribution in [0.15, 0.2) is 34.9 Å². The summed E-state index contributed by atoms with van der Waals surface area (Å²) in [4.78, 5) is 14.2. The zero-order valence-corrected chi connectivity index (χ0v) is 14.6. The Morgan fingerprint density at radius 2 is 2.12 bits per heavy atom. The van der Waals surface area contributed by atoms with E-state index in [0.29, 0.717) is 32.4 Å². The van der Waals surface area contributed by atoms with E-state index in [1.54, 1.807) is 12.0 Å². The van der Waals surface area contributed by atoms with Gasteiger partial charge in [-0.25, -0.2) is 0 Å². The summed E-state index contributed by atoms with van der Waals surface area (Å²) in [5.41, 5.74) is 1.93. The number of β-amino-alcohol motifs (C(OH)–C–C–N with tert-alkyl or cyclic N) is 1. The number of nitrogens with zero attached hydrogens (tertiary/aromatic N) is 2. The lowest BCUT2D eigenvalue weighted by molar-refractivity contribution is -0.130. The standard InChI is InChI=1S/C19H24N2O4/c1-13-9-17(25-20-13)10-15-11-21(12-18(15)22)19(23)8-5-14-3-6-16(24-2)7-4-14/h3-4,6-7,9,15,18,22H,5,8,10-12H2,1-2H3/t15-,18+/m1/s1. The number of carbonyl (C=O) groups excluding carboxylic acids is 1. The Morgan fingerprint density at radius 1 is 1.36 bits per heavy atom. The molecule has 1 aliphatic heterocycles. The second kappa shape index (κ2) is 7.70. The van der Waals surface area contributed by atoms with Gasteiger partial charge >= 0.3 is 0 Å². The molecule has 1 aromatic heterocycles. The van der Waals surface area contributed by atoms with E-state index in [2.05, 4.69) is 5.16 Å². The highest BCUT2D eigenvalue weighted by Crippen LogP contribution is 2.23. The van der Waals surface area contributed by atoms with Crippen molar-refractivity contribution in [3.05, 3.63) is 47.3 Å². The average molecular weight is 344 g/mol. The largest absolute Gasteiger partial charge is 0.497 e. The van der Waals surface area contributed by atoms with Gasteiger partial charge in [0.25, 0.3) is 0 Å². The van der Waals surface area contributed by atoms with E-state index in [1.165, 1.54) is 0 Å². The van der Waals surface area contributed by atoms with E-state index in [-0.39, 0.29) is 11.8 Å². The van der Waals surface area contributed by atoms with Gasteiger partial charge in [0.15, 0.2) is 0 Å². The molecule has 2 aromatic rings. The van der Waals surface area contributed by atoms with Crippen LogP contribution in [0, 0.1) is 12.8 Å². The quantitative estimate of drug-likeness (QED) is 0.867. The molecule has 3 rings (SSSR count). The molecule has 0 bridgehead atoms. The summed E-state index contributed by atoms with van der Waals surface area (Å²) in [6.07, 6.45) is 1.20. The lowest BCUT2D eigenvalue weighted by Gasteiger charge is -2.16. The third kappa shape index (κ3) is 4.39. The molecule has 1 fully saturated rings. The Bertz CT molecular complexity index is 710. The molecule has 25 heavy (non-hydrogen) atoms. The number of ether oxygens (including phenoxy) is 1. The van der Waals surface area contributed by atoms with Gasteiger partial charge in [0.05, 0.1) is 18.9 Å². The summed E-state index contributed by atoms with van der Waals surface area (Å²) in [6, 6.07) is 9.62. The summed E-state index contributed by atoms with van der Waals surface area (Å²) in [5.74, 6) is 1.64. The lowest BCUT2D eigenvalue weighted by Crippen LogP contribution is -2.29. The van der Waals surface area contributed by atoms with Crippen molar-refractivity contribution in [2.75, 3.05) is 20.2 Å². The third-order valence-electron chi connectivity index (χ3n) is 4.69. The van der Waals surface area contributed by atoms with Crippen LogP contribution in [0.4, 0.5) is 0 Å². The Morgan fingerprint density at radius 3 is 2.76 bits per heavy atom. The van der Waals surface area contributed by atoms with Gasteiger partial charge in [-0.05, 0) is 31.0 Å². The van der Waals surface area contributed by atoms with Crippen molar-refractivity contribution in [2.45, 2.75) is 32.3 Å². The first-order valence-electron chi connectivity index (χ1n) is 8.56. The van der Waals surface area contributed by atoms with Gasteiger partial charge in [0, 0.05) is 37.9 Å². The van der Waals surface area contributed by atoms with Gasteiger partial charge in [-0.2, -0.15) is 0 Å². The van der Waals surface area contributed by atoms with Crippen LogP contribution in [-0.2, 0) is 17.6 Å². The fourth-order valence-corrected chi connectivity index (χ4v) is 3.23. The molecular formula is C19H24N2O4. The molecule has 1 saturated heterocycles. The van der Waals surface area contributed by atoms with E-state index < -0.39 is 6.10 Å². The fraction of sp³-hybridized carbons (Fsp3) is 0.474. The molecule has 0 unspecified atom stereocenters. The molecule has 6 heteroatoms. The molecule has 2 heterocycles. The number of aromatic nitrogens is 1. The van der Waals surface area contributed by atoms with Crippen molar-refractivity contribution in [3.63, 3.8) is 0 Å². The number of amides is 1. The highest BCUT2D eigenvalue weighted by atomic mass is 16.5. The molecular weight excluding hydrogens is 320 g/mol. The molecule has 0 radical (unpaired) electrons. The minimum absolute atomic E-state index is 0.00251. The number of aryl methyl sites for hydroxylation is 2. The number of rotatable bonds is 6. The monoisotopic (exact) mass is 344 g/mol. The molecule has 0 spiro atoms. The molecule has 0 saturated carbocycles. The van der Waals surface area contributed by atoms with Crippen LogP contribution in [-0.4, -0.2) is 47.4 Å². The predicted octanol–water partition coefficient (Wildman–Crippen LogP) is 1.99. The van der Waals surface area contributed by atoms with E-state index in [9.17, 15) is 9.90 Å². The summed E-state index contributed by atoms with van der Waals surface area (Å²) in [5, 5.41) is 14.1. The van der Waals surface area contributed by atoms with Crippen LogP contribution in [0.25, 0.3) is 0 Å². The number of aliphatic hydroxyl groups excluding tert-OH is 1. The fourth-order valence-electron chi connectivity index (χ4n) is 3.23. The van der Waals surface area contributed by atoms with Crippen LogP contribution < -0.4 is 4.74 Å². The van der Waals surface area contributed by atoms with E-state index in [1.807, 2.05) is 37.3 Å². The van der Waals surface area contributed by atoms with Gasteiger partial charge in [0.2, 0.25) is 5.91 Å². The molecule has 1 amide bonds. The SMILES string of the molecule is COc1ccc(CCC(=O)N2C[C@@H](Cc3cc(C)no3)[C@@H](O)C2)cc1. The van der Waals surface area contributed by atoms with Crippen molar-refractivity contribution in [1.29, 1.82) is 0 Å². The molecule has 2 atom stereocenters. The molecule has 0 aliphatic carbocycles. The molecule has 1 aliphatic rings. The third-order valence-corrected chi connectivity index (χ3v) is 4.69. The van der Waals surface area contributed by atoms with Crippen LogP contribution in [0.3, 0.4) is 0 Å². The number of hydrogen-bond donors (Lipinski definition) is 1. The van der Waals surface area contributed by atoms with Gasteiger partial charge in [-0.1, -0.05) is 17.3 Å². The topological polar surface area (TPSA) is 75.8 Å². The number of carbonyl (C=O) groups is 1. The van der Waals surface area contributed by atoms with E-state index in [4.69, 9.17) is 9.26 Å². The van der Waals surface area contributed by atoms with Crippen molar-refractivity contribution < 1.29 is 19.2 Å². The summed E-state index contributed by atoms with van der Waals surface area (Å²) in [7, 11) is 1.63. The first kappa shape index (κ1) is 17.5. The summed E-state index contributed by atoms with van der Waals surface area (Å²) >= 11 is 0. The highest BCUT2D eigenvalue weighted by Gasteiger charge is 2.34. The zero-order chi connectivity index (χ0) is 17.8. The van der Waals surface area contributed by atoms with Crippen molar-refractivity contribution in [2.24, 2.45) is 5.92 Å². The number of aliphatic hydroxyl groups is 1. The Balaban J connectivity index is 1.50. The predicted molar refractivity (Wildman–Crippen MR) is 92.3 cm³/mol. The summed E-state index contributed by atoms with van der Waals surface area (Å²) in [6.45, 7) is 2.81. The Hall–Kier alpha value is -2.34. The molecule has 1 N–H and O–H groups in total. The number of benzene rings is 1. The molecule has 134 valence electrons. The lowest BCUT2D eigenvalue weighted by atomic mass is 10.0. The second-order valence-corrected chi connectivity index (χ2v) is 6.61. The van der Waals surface area contributed by atoms with Crippen LogP contribution >= 0.6 is 0 Å². The minimum atomic E-state index is -0.518. The van der Waals surface area contributed by atoms with Crippen molar-refractivity contribution >= 4 is 5.91 Å². The number of likely N-dealkylation sites (tertiary alicyclic amines) is 1. The van der Waals surface area contributed by atoms with Gasteiger partial charge in [-0.15, -0.1) is 0 Å². The zero-order valence-electron chi connectivity index (χ0n) is 14.6. The van der Waals surface area contributed by atoms with Gasteiger partial charge in [-0.3, -0.25) is 4.79 Å².